The first-order chi connectivity index (χ1) is 13.3. The Hall–Kier alpha value is -2.53. The van der Waals surface area contributed by atoms with E-state index in [4.69, 9.17) is 9.47 Å². The van der Waals surface area contributed by atoms with Crippen molar-refractivity contribution in [2.45, 2.75) is 19.4 Å². The highest BCUT2D eigenvalue weighted by Gasteiger charge is 2.21. The van der Waals surface area contributed by atoms with E-state index < -0.39 is 0 Å². The van der Waals surface area contributed by atoms with Crippen LogP contribution in [0.25, 0.3) is 11.0 Å². The summed E-state index contributed by atoms with van der Waals surface area (Å²) >= 11 is 0. The zero-order valence-corrected chi connectivity index (χ0v) is 15.9. The van der Waals surface area contributed by atoms with Crippen molar-refractivity contribution in [2.75, 3.05) is 38.3 Å². The van der Waals surface area contributed by atoms with Gasteiger partial charge in [0.15, 0.2) is 0 Å². The molecule has 0 amide bonds. The van der Waals surface area contributed by atoms with E-state index in [9.17, 15) is 0 Å². The van der Waals surface area contributed by atoms with E-state index in [2.05, 4.69) is 38.7 Å². The maximum Gasteiger partial charge on any atom is 0.142 e. The van der Waals surface area contributed by atoms with Crippen molar-refractivity contribution >= 4 is 16.7 Å². The third-order valence-corrected chi connectivity index (χ3v) is 5.40. The number of hydrogen-bond donors (Lipinski definition) is 0. The van der Waals surface area contributed by atoms with Gasteiger partial charge in [-0.25, -0.2) is 4.98 Å². The summed E-state index contributed by atoms with van der Waals surface area (Å²) in [5.41, 5.74) is 3.42. The van der Waals surface area contributed by atoms with Crippen LogP contribution in [-0.4, -0.2) is 43.0 Å². The van der Waals surface area contributed by atoms with Gasteiger partial charge in [0.1, 0.15) is 5.75 Å². The minimum Gasteiger partial charge on any atom is -0.495 e. The molecule has 0 atom stereocenters. The van der Waals surface area contributed by atoms with Crippen molar-refractivity contribution in [1.82, 2.24) is 9.55 Å². The highest BCUT2D eigenvalue weighted by atomic mass is 16.5. The Bertz CT molecular complexity index is 869. The van der Waals surface area contributed by atoms with Gasteiger partial charge in [0.25, 0.3) is 0 Å². The smallest absolute Gasteiger partial charge is 0.142 e. The van der Waals surface area contributed by atoms with Crippen molar-refractivity contribution in [3.8, 4) is 5.75 Å². The summed E-state index contributed by atoms with van der Waals surface area (Å²) in [6.07, 6.45) is 4.22. The van der Waals surface area contributed by atoms with Gasteiger partial charge in [-0.15, -0.1) is 0 Å². The van der Waals surface area contributed by atoms with E-state index in [1.54, 1.807) is 7.11 Å². The van der Waals surface area contributed by atoms with Crippen LogP contribution in [-0.2, 0) is 11.3 Å². The zero-order chi connectivity index (χ0) is 18.5. The van der Waals surface area contributed by atoms with Gasteiger partial charge in [-0.1, -0.05) is 24.3 Å². The molecule has 5 nitrogen and oxygen atoms in total. The summed E-state index contributed by atoms with van der Waals surface area (Å²) < 4.78 is 13.7. The minimum atomic E-state index is 0.635. The Kier molecular flexibility index (Phi) is 5.58. The molecule has 1 aliphatic rings. The zero-order valence-electron chi connectivity index (χ0n) is 15.9. The molecule has 1 aromatic heterocycles. The Labute approximate surface area is 160 Å². The van der Waals surface area contributed by atoms with Gasteiger partial charge in [0.05, 0.1) is 36.8 Å². The first kappa shape index (κ1) is 17.9. The highest BCUT2D eigenvalue weighted by molar-refractivity contribution is 5.74. The first-order valence-corrected chi connectivity index (χ1v) is 9.71. The fraction of sp³-hybridized carbons (Fsp3) is 0.409. The second-order valence-electron chi connectivity index (χ2n) is 7.10. The van der Waals surface area contributed by atoms with Crippen LogP contribution in [0.5, 0.6) is 5.75 Å². The standard InChI is InChI=1S/C22H27N3O2/c1-26-22-9-5-4-8-21(22)24-12-10-18(11-13-24)16-27-15-14-25-17-23-19-6-2-3-7-20(19)25/h2-9,17-18H,10-16H2,1H3. The normalized spacial score (nSPS) is 15.4. The van der Waals surface area contributed by atoms with Crippen LogP contribution in [0.4, 0.5) is 5.69 Å². The van der Waals surface area contributed by atoms with Gasteiger partial charge in [-0.05, 0) is 43.0 Å². The van der Waals surface area contributed by atoms with Crippen LogP contribution in [0.2, 0.25) is 0 Å². The predicted octanol–water partition coefficient (Wildman–Crippen LogP) is 3.98. The predicted molar refractivity (Wildman–Crippen MR) is 108 cm³/mol. The molecule has 2 heterocycles. The Morgan fingerprint density at radius 2 is 1.81 bits per heavy atom. The molecule has 5 heteroatoms. The molecule has 4 rings (SSSR count). The molecule has 0 N–H and O–H groups in total. The van der Waals surface area contributed by atoms with E-state index in [-0.39, 0.29) is 0 Å². The molecular weight excluding hydrogens is 338 g/mol. The van der Waals surface area contributed by atoms with E-state index in [0.717, 1.165) is 57.0 Å². The number of benzene rings is 2. The summed E-state index contributed by atoms with van der Waals surface area (Å²) in [6.45, 7) is 4.53. The van der Waals surface area contributed by atoms with Gasteiger partial charge in [-0.2, -0.15) is 0 Å². The molecule has 0 saturated carbocycles. The van der Waals surface area contributed by atoms with Crippen LogP contribution >= 0.6 is 0 Å². The molecule has 0 spiro atoms. The Balaban J connectivity index is 1.22. The SMILES string of the molecule is COc1ccccc1N1CCC(COCCn2cnc3ccccc32)CC1. The number of anilines is 1. The van der Waals surface area contributed by atoms with E-state index in [1.807, 2.05) is 30.6 Å². The quantitative estimate of drug-likeness (QED) is 0.594. The maximum absolute atomic E-state index is 5.99. The summed E-state index contributed by atoms with van der Waals surface area (Å²) in [5.74, 6) is 1.59. The number of piperidine rings is 1. The summed E-state index contributed by atoms with van der Waals surface area (Å²) in [4.78, 5) is 6.85. The number of para-hydroxylation sites is 4. The molecule has 142 valence electrons. The fourth-order valence-electron chi connectivity index (χ4n) is 3.83. The van der Waals surface area contributed by atoms with Crippen molar-refractivity contribution < 1.29 is 9.47 Å². The lowest BCUT2D eigenvalue weighted by Crippen LogP contribution is -2.35. The van der Waals surface area contributed by atoms with Gasteiger partial charge in [-0.3, -0.25) is 0 Å². The average Bonchev–Trinajstić information content (AvgIpc) is 3.15. The monoisotopic (exact) mass is 365 g/mol. The number of fused-ring (bicyclic) bond motifs is 1. The van der Waals surface area contributed by atoms with Gasteiger partial charge in [0, 0.05) is 26.2 Å². The van der Waals surface area contributed by atoms with E-state index >= 15 is 0 Å². The number of rotatable bonds is 7. The number of methoxy groups -OCH3 is 1. The van der Waals surface area contributed by atoms with E-state index in [1.165, 1.54) is 11.2 Å². The van der Waals surface area contributed by atoms with Gasteiger partial charge in [0.2, 0.25) is 0 Å². The lowest BCUT2D eigenvalue weighted by molar-refractivity contribution is 0.0851. The molecule has 2 aromatic carbocycles. The number of ether oxygens (including phenoxy) is 2. The second-order valence-corrected chi connectivity index (χ2v) is 7.10. The lowest BCUT2D eigenvalue weighted by Gasteiger charge is -2.34. The minimum absolute atomic E-state index is 0.635. The molecule has 1 aliphatic heterocycles. The molecule has 0 unspecified atom stereocenters. The van der Waals surface area contributed by atoms with Crippen LogP contribution in [0.3, 0.4) is 0 Å². The first-order valence-electron chi connectivity index (χ1n) is 9.71. The van der Waals surface area contributed by atoms with Gasteiger partial charge >= 0.3 is 0 Å². The van der Waals surface area contributed by atoms with Crippen molar-refractivity contribution in [3.05, 3.63) is 54.9 Å². The molecule has 0 aliphatic carbocycles. The third kappa shape index (κ3) is 4.08. The average molecular weight is 365 g/mol. The lowest BCUT2D eigenvalue weighted by atomic mass is 9.97. The van der Waals surface area contributed by atoms with Crippen molar-refractivity contribution in [1.29, 1.82) is 0 Å². The molecule has 0 bridgehead atoms. The number of nitrogens with zero attached hydrogens (tertiary/aromatic N) is 3. The maximum atomic E-state index is 5.99. The van der Waals surface area contributed by atoms with Gasteiger partial charge < -0.3 is 18.9 Å². The molecule has 3 aromatic rings. The molecule has 1 fully saturated rings. The molecular formula is C22H27N3O2. The number of hydrogen-bond acceptors (Lipinski definition) is 4. The molecule has 27 heavy (non-hydrogen) atoms. The van der Waals surface area contributed by atoms with Crippen molar-refractivity contribution in [2.24, 2.45) is 5.92 Å². The molecule has 0 radical (unpaired) electrons. The largest absolute Gasteiger partial charge is 0.495 e. The Morgan fingerprint density at radius 3 is 2.67 bits per heavy atom. The Morgan fingerprint density at radius 1 is 1.04 bits per heavy atom. The third-order valence-electron chi connectivity index (χ3n) is 5.40. The van der Waals surface area contributed by atoms with Crippen LogP contribution in [0, 0.1) is 5.92 Å². The fourth-order valence-corrected chi connectivity index (χ4v) is 3.83. The summed E-state index contributed by atoms with van der Waals surface area (Å²) in [7, 11) is 1.74. The topological polar surface area (TPSA) is 39.5 Å². The summed E-state index contributed by atoms with van der Waals surface area (Å²) in [6, 6.07) is 16.5. The van der Waals surface area contributed by atoms with Crippen LogP contribution in [0.1, 0.15) is 12.8 Å². The van der Waals surface area contributed by atoms with Crippen LogP contribution in [0.15, 0.2) is 54.9 Å². The van der Waals surface area contributed by atoms with Crippen LogP contribution < -0.4 is 9.64 Å². The van der Waals surface area contributed by atoms with Crippen molar-refractivity contribution in [3.63, 3.8) is 0 Å². The van der Waals surface area contributed by atoms with E-state index in [0.29, 0.717) is 5.92 Å². The molecule has 1 saturated heterocycles. The second kappa shape index (κ2) is 8.44. The highest BCUT2D eigenvalue weighted by Crippen LogP contribution is 2.31. The number of imidazole rings is 1. The number of aromatic nitrogens is 2. The summed E-state index contributed by atoms with van der Waals surface area (Å²) in [5, 5.41) is 0.